The van der Waals surface area contributed by atoms with Gasteiger partial charge in [0.15, 0.2) is 0 Å². The topological polar surface area (TPSA) is 55.5 Å². The summed E-state index contributed by atoms with van der Waals surface area (Å²) in [4.78, 5) is 9.69. The molecule has 3 N–H and O–H groups in total. The van der Waals surface area contributed by atoms with Crippen LogP contribution in [0.4, 0.5) is 0 Å². The highest BCUT2D eigenvalue weighted by molar-refractivity contribution is 8.13. The van der Waals surface area contributed by atoms with Crippen LogP contribution in [0.25, 0.3) is 0 Å². The normalized spacial score (nSPS) is 14.4. The second-order valence-corrected chi connectivity index (χ2v) is 8.35. The Morgan fingerprint density at radius 1 is 1.18 bits per heavy atom. The lowest BCUT2D eigenvalue weighted by Crippen LogP contribution is -2.05. The molecule has 2 atom stereocenters. The Morgan fingerprint density at radius 2 is 1.73 bits per heavy atom. The molecule has 0 saturated heterocycles. The van der Waals surface area contributed by atoms with Crippen LogP contribution < -0.4 is 11.0 Å². The molecule has 1 unspecified atom stereocenters. The van der Waals surface area contributed by atoms with E-state index in [2.05, 4.69) is 0 Å². The van der Waals surface area contributed by atoms with E-state index < -0.39 is 6.49 Å². The molecule has 22 heavy (non-hydrogen) atoms. The maximum Gasteiger partial charge on any atom is 0.216 e. The van der Waals surface area contributed by atoms with Gasteiger partial charge in [-0.1, -0.05) is 41.9 Å². The van der Waals surface area contributed by atoms with Crippen LogP contribution in [-0.4, -0.2) is 11.5 Å². The van der Waals surface area contributed by atoms with E-state index >= 15 is 0 Å². The summed E-state index contributed by atoms with van der Waals surface area (Å²) in [5.74, 6) is 0. The minimum atomic E-state index is -2.71. The summed E-state index contributed by atoms with van der Waals surface area (Å²) in [6, 6.07) is 16.8. The summed E-state index contributed by atoms with van der Waals surface area (Å²) >= 11 is 10.6. The van der Waals surface area contributed by atoms with E-state index in [0.29, 0.717) is 11.9 Å². The average Bonchev–Trinajstić information content (AvgIpc) is 2.49. The quantitative estimate of drug-likeness (QED) is 0.812. The van der Waals surface area contributed by atoms with Gasteiger partial charge in [0, 0.05) is 16.4 Å². The summed E-state index contributed by atoms with van der Waals surface area (Å²) in [6.45, 7) is 1.50. The molecule has 0 spiro atoms. The Kier molecular flexibility index (Phi) is 8.26. The lowest BCUT2D eigenvalue weighted by Gasteiger charge is -2.13. The standard InChI is InChI=1S/C8H10ClN.C8H11O2PS/c1-6(10)7-2-4-8(9)5-3-7;1-2-10-11(9,12)8-6-4-3-5-7-8/h2-6H,10H2,1H3;3-7H,2H2,1H3,(H,9,12)/t6-;/m1./s1. The van der Waals surface area contributed by atoms with E-state index in [1.54, 1.807) is 12.1 Å². The fraction of sp³-hybridized carbons (Fsp3) is 0.250. The fourth-order valence-electron chi connectivity index (χ4n) is 1.63. The molecule has 2 aromatic rings. The van der Waals surface area contributed by atoms with Crippen LogP contribution in [0.2, 0.25) is 5.02 Å². The third-order valence-corrected chi connectivity index (χ3v) is 5.54. The molecule has 2 rings (SSSR count). The molecule has 3 nitrogen and oxygen atoms in total. The second-order valence-electron chi connectivity index (χ2n) is 4.61. The van der Waals surface area contributed by atoms with E-state index in [0.717, 1.165) is 10.6 Å². The van der Waals surface area contributed by atoms with Crippen LogP contribution in [0.5, 0.6) is 0 Å². The highest BCUT2D eigenvalue weighted by Crippen LogP contribution is 2.40. The molecule has 0 bridgehead atoms. The zero-order chi connectivity index (χ0) is 16.6. The summed E-state index contributed by atoms with van der Waals surface area (Å²) in [5.41, 5.74) is 6.74. The second kappa shape index (κ2) is 9.41. The maximum atomic E-state index is 9.69. The summed E-state index contributed by atoms with van der Waals surface area (Å²) < 4.78 is 5.10. The predicted molar refractivity (Wildman–Crippen MR) is 98.3 cm³/mol. The third kappa shape index (κ3) is 6.57. The minimum absolute atomic E-state index is 0.0947. The van der Waals surface area contributed by atoms with Crippen LogP contribution >= 0.6 is 18.1 Å². The van der Waals surface area contributed by atoms with Crippen molar-refractivity contribution in [3.8, 4) is 0 Å². The smallest absolute Gasteiger partial charge is 0.216 e. The lowest BCUT2D eigenvalue weighted by molar-refractivity contribution is 0.335. The van der Waals surface area contributed by atoms with Gasteiger partial charge in [0.25, 0.3) is 0 Å². The molecule has 0 heterocycles. The summed E-state index contributed by atoms with van der Waals surface area (Å²) in [7, 11) is 0. The molecule has 120 valence electrons. The Morgan fingerprint density at radius 3 is 2.18 bits per heavy atom. The molecule has 0 fully saturated rings. The maximum absolute atomic E-state index is 9.69. The van der Waals surface area contributed by atoms with Gasteiger partial charge in [-0.2, -0.15) is 0 Å². The molecule has 0 aromatic heterocycles. The van der Waals surface area contributed by atoms with E-state index in [1.807, 2.05) is 56.3 Å². The number of benzene rings is 2. The zero-order valence-corrected chi connectivity index (χ0v) is 15.1. The van der Waals surface area contributed by atoms with Gasteiger partial charge in [0.2, 0.25) is 6.49 Å². The van der Waals surface area contributed by atoms with Gasteiger partial charge in [-0.15, -0.1) is 0 Å². The fourth-order valence-corrected chi connectivity index (χ4v) is 3.49. The Hall–Kier alpha value is -0.740. The minimum Gasteiger partial charge on any atom is -0.342 e. The van der Waals surface area contributed by atoms with Gasteiger partial charge in [0.1, 0.15) is 0 Å². The SMILES string of the molecule is CCOP(O)(=S)c1ccccc1.C[C@@H](N)c1ccc(Cl)cc1. The summed E-state index contributed by atoms with van der Waals surface area (Å²) in [6.07, 6.45) is 0. The van der Waals surface area contributed by atoms with Crippen molar-refractivity contribution in [1.82, 2.24) is 0 Å². The first-order valence-corrected chi connectivity index (χ1v) is 9.96. The number of nitrogens with two attached hydrogens (primary N) is 1. The molecule has 0 aliphatic carbocycles. The molecule has 0 radical (unpaired) electrons. The van der Waals surface area contributed by atoms with Crippen molar-refractivity contribution < 1.29 is 9.42 Å². The lowest BCUT2D eigenvalue weighted by atomic mass is 10.1. The van der Waals surface area contributed by atoms with Crippen molar-refractivity contribution in [3.05, 3.63) is 65.2 Å². The van der Waals surface area contributed by atoms with Crippen LogP contribution in [0, 0.1) is 0 Å². The van der Waals surface area contributed by atoms with Crippen molar-refractivity contribution in [2.45, 2.75) is 19.9 Å². The van der Waals surface area contributed by atoms with Crippen LogP contribution in [-0.2, 0) is 16.3 Å². The van der Waals surface area contributed by atoms with Gasteiger partial charge in [-0.25, -0.2) is 0 Å². The van der Waals surface area contributed by atoms with Gasteiger partial charge in [0.05, 0.1) is 6.61 Å². The predicted octanol–water partition coefficient (Wildman–Crippen LogP) is 4.01. The number of hydrogen-bond acceptors (Lipinski definition) is 3. The van der Waals surface area contributed by atoms with Crippen molar-refractivity contribution in [3.63, 3.8) is 0 Å². The molecule has 0 amide bonds. The molecule has 0 aliphatic rings. The van der Waals surface area contributed by atoms with E-state index in [-0.39, 0.29) is 6.04 Å². The monoisotopic (exact) mass is 357 g/mol. The van der Waals surface area contributed by atoms with Gasteiger partial charge < -0.3 is 15.2 Å². The highest BCUT2D eigenvalue weighted by Gasteiger charge is 2.14. The molecular weight excluding hydrogens is 337 g/mol. The molecule has 2 aromatic carbocycles. The number of halogens is 1. The zero-order valence-electron chi connectivity index (χ0n) is 12.6. The Labute approximate surface area is 142 Å². The first kappa shape index (κ1) is 19.3. The first-order chi connectivity index (χ1) is 10.4. The van der Waals surface area contributed by atoms with Crippen molar-refractivity contribution >= 4 is 35.2 Å². The highest BCUT2D eigenvalue weighted by atomic mass is 35.5. The van der Waals surface area contributed by atoms with Crippen LogP contribution in [0.3, 0.4) is 0 Å². The molecule has 6 heteroatoms. The van der Waals surface area contributed by atoms with Gasteiger partial charge in [-0.3, -0.25) is 0 Å². The first-order valence-electron chi connectivity index (χ1n) is 6.90. The van der Waals surface area contributed by atoms with Crippen molar-refractivity contribution in [1.29, 1.82) is 0 Å². The van der Waals surface area contributed by atoms with Gasteiger partial charge in [-0.05, 0) is 55.5 Å². The average molecular weight is 358 g/mol. The third-order valence-electron chi connectivity index (χ3n) is 2.78. The van der Waals surface area contributed by atoms with E-state index in [1.165, 1.54) is 0 Å². The van der Waals surface area contributed by atoms with E-state index in [4.69, 9.17) is 33.7 Å². The van der Waals surface area contributed by atoms with Crippen molar-refractivity contribution in [2.24, 2.45) is 5.73 Å². The van der Waals surface area contributed by atoms with Crippen LogP contribution in [0.15, 0.2) is 54.6 Å². The van der Waals surface area contributed by atoms with Crippen LogP contribution in [0.1, 0.15) is 25.5 Å². The largest absolute Gasteiger partial charge is 0.342 e. The van der Waals surface area contributed by atoms with E-state index in [9.17, 15) is 4.89 Å². The molecule has 0 saturated carbocycles. The Bertz CT molecular complexity index is 605. The van der Waals surface area contributed by atoms with Gasteiger partial charge >= 0.3 is 0 Å². The van der Waals surface area contributed by atoms with Crippen molar-refractivity contribution in [2.75, 3.05) is 6.61 Å². The summed E-state index contributed by atoms with van der Waals surface area (Å²) in [5, 5.41) is 1.46. The number of rotatable bonds is 4. The number of hydrogen-bond donors (Lipinski definition) is 2. The Balaban J connectivity index is 0.000000224. The molecular formula is C16H21ClNO2PS. The molecule has 0 aliphatic heterocycles.